The van der Waals surface area contributed by atoms with Crippen molar-refractivity contribution in [2.45, 2.75) is 38.1 Å². The predicted octanol–water partition coefficient (Wildman–Crippen LogP) is 1.61. The highest BCUT2D eigenvalue weighted by atomic mass is 35.5. The molecule has 0 aromatic heterocycles. The van der Waals surface area contributed by atoms with Gasteiger partial charge in [-0.1, -0.05) is 12.1 Å². The van der Waals surface area contributed by atoms with E-state index in [4.69, 9.17) is 0 Å². The number of alkyl halides is 2. The Morgan fingerprint density at radius 3 is 2.82 bits per heavy atom. The van der Waals surface area contributed by atoms with E-state index in [2.05, 4.69) is 15.4 Å². The molecular weight excluding hydrogens is 318 g/mol. The number of aliphatic hydroxyl groups is 1. The van der Waals surface area contributed by atoms with Gasteiger partial charge in [-0.2, -0.15) is 8.78 Å². The van der Waals surface area contributed by atoms with E-state index in [0.29, 0.717) is 18.5 Å². The number of benzene rings is 1. The van der Waals surface area contributed by atoms with Gasteiger partial charge in [-0.05, 0) is 31.0 Å². The van der Waals surface area contributed by atoms with E-state index in [0.717, 1.165) is 0 Å². The average Bonchev–Trinajstić information content (AvgIpc) is 2.85. The number of halogens is 3. The fourth-order valence-electron chi connectivity index (χ4n) is 2.27. The van der Waals surface area contributed by atoms with E-state index in [1.165, 1.54) is 12.1 Å². The zero-order valence-corrected chi connectivity index (χ0v) is 12.8. The summed E-state index contributed by atoms with van der Waals surface area (Å²) < 4.78 is 28.7. The topological polar surface area (TPSA) is 70.6 Å². The molecule has 124 valence electrons. The molecule has 1 amide bonds. The highest BCUT2D eigenvalue weighted by Crippen LogP contribution is 2.21. The molecular formula is C14H19ClF2N2O3. The van der Waals surface area contributed by atoms with Crippen molar-refractivity contribution in [3.8, 4) is 5.75 Å². The number of aliphatic hydroxyl groups excluding tert-OH is 1. The molecule has 5 nitrogen and oxygen atoms in total. The van der Waals surface area contributed by atoms with Crippen molar-refractivity contribution in [1.29, 1.82) is 0 Å². The van der Waals surface area contributed by atoms with Gasteiger partial charge in [0, 0.05) is 6.54 Å². The minimum atomic E-state index is -2.88. The summed E-state index contributed by atoms with van der Waals surface area (Å²) in [6, 6.07) is 5.43. The van der Waals surface area contributed by atoms with Crippen molar-refractivity contribution < 1.29 is 23.4 Å². The first kappa shape index (κ1) is 18.6. The van der Waals surface area contributed by atoms with Gasteiger partial charge in [0.2, 0.25) is 5.91 Å². The van der Waals surface area contributed by atoms with Crippen LogP contribution in [0.2, 0.25) is 0 Å². The van der Waals surface area contributed by atoms with Crippen LogP contribution >= 0.6 is 12.4 Å². The van der Waals surface area contributed by atoms with Crippen LogP contribution in [0.4, 0.5) is 8.78 Å². The van der Waals surface area contributed by atoms with E-state index >= 15 is 0 Å². The lowest BCUT2D eigenvalue weighted by atomic mass is 10.1. The van der Waals surface area contributed by atoms with Crippen molar-refractivity contribution in [3.63, 3.8) is 0 Å². The third-order valence-electron chi connectivity index (χ3n) is 3.37. The molecule has 1 saturated heterocycles. The normalized spacial score (nSPS) is 22.0. The lowest BCUT2D eigenvalue weighted by Gasteiger charge is -2.18. The molecule has 1 aromatic rings. The number of amides is 1. The molecule has 1 heterocycles. The summed E-state index contributed by atoms with van der Waals surface area (Å²) in [6.45, 7) is -0.732. The number of carbonyl (C=O) groups excluding carboxylic acids is 1. The van der Waals surface area contributed by atoms with Crippen LogP contribution in [0.5, 0.6) is 5.75 Å². The molecule has 3 atom stereocenters. The summed E-state index contributed by atoms with van der Waals surface area (Å²) >= 11 is 0. The van der Waals surface area contributed by atoms with Crippen molar-refractivity contribution >= 4 is 18.3 Å². The SMILES string of the molecule is CC(NC(=O)C1CC(O)CN1)c1cccc(OC(F)F)c1.Cl. The van der Waals surface area contributed by atoms with E-state index in [-0.39, 0.29) is 30.1 Å². The van der Waals surface area contributed by atoms with Gasteiger partial charge in [0.05, 0.1) is 18.2 Å². The molecule has 0 radical (unpaired) electrons. The van der Waals surface area contributed by atoms with Crippen molar-refractivity contribution in [1.82, 2.24) is 10.6 Å². The Balaban J connectivity index is 0.00000242. The second kappa shape index (κ2) is 8.26. The maximum absolute atomic E-state index is 12.2. The van der Waals surface area contributed by atoms with Gasteiger partial charge in [-0.3, -0.25) is 4.79 Å². The van der Waals surface area contributed by atoms with Gasteiger partial charge in [0.15, 0.2) is 0 Å². The maximum Gasteiger partial charge on any atom is 0.387 e. The van der Waals surface area contributed by atoms with Gasteiger partial charge in [0.25, 0.3) is 0 Å². The maximum atomic E-state index is 12.2. The van der Waals surface area contributed by atoms with Crippen LogP contribution in [0, 0.1) is 0 Å². The smallest absolute Gasteiger partial charge is 0.387 e. The number of rotatable bonds is 5. The fraction of sp³-hybridized carbons (Fsp3) is 0.500. The zero-order valence-electron chi connectivity index (χ0n) is 12.0. The highest BCUT2D eigenvalue weighted by Gasteiger charge is 2.28. The number of ether oxygens (including phenoxy) is 1. The minimum Gasteiger partial charge on any atom is -0.435 e. The molecule has 1 fully saturated rings. The first-order valence-corrected chi connectivity index (χ1v) is 6.72. The Hall–Kier alpha value is -1.44. The Morgan fingerprint density at radius 1 is 1.50 bits per heavy atom. The molecule has 2 rings (SSSR count). The van der Waals surface area contributed by atoms with Crippen LogP contribution in [-0.4, -0.2) is 36.3 Å². The first-order valence-electron chi connectivity index (χ1n) is 6.72. The Labute approximate surface area is 133 Å². The molecule has 0 saturated carbocycles. The average molecular weight is 337 g/mol. The van der Waals surface area contributed by atoms with Gasteiger partial charge in [0.1, 0.15) is 5.75 Å². The van der Waals surface area contributed by atoms with Crippen LogP contribution in [0.25, 0.3) is 0 Å². The van der Waals surface area contributed by atoms with Crippen molar-refractivity contribution in [2.24, 2.45) is 0 Å². The largest absolute Gasteiger partial charge is 0.435 e. The molecule has 3 N–H and O–H groups in total. The quantitative estimate of drug-likeness (QED) is 0.764. The molecule has 0 spiro atoms. The monoisotopic (exact) mass is 336 g/mol. The van der Waals surface area contributed by atoms with Crippen LogP contribution < -0.4 is 15.4 Å². The van der Waals surface area contributed by atoms with Crippen molar-refractivity contribution in [3.05, 3.63) is 29.8 Å². The molecule has 1 aliphatic rings. The van der Waals surface area contributed by atoms with Crippen LogP contribution in [0.3, 0.4) is 0 Å². The summed E-state index contributed by atoms with van der Waals surface area (Å²) in [5.41, 5.74) is 0.667. The Bertz CT molecular complexity index is 505. The van der Waals surface area contributed by atoms with Gasteiger partial charge in [-0.25, -0.2) is 0 Å². The Kier molecular flexibility index (Phi) is 6.99. The third kappa shape index (κ3) is 5.08. The number of hydrogen-bond acceptors (Lipinski definition) is 4. The molecule has 1 aromatic carbocycles. The van der Waals surface area contributed by atoms with Crippen LogP contribution in [0.15, 0.2) is 24.3 Å². The second-order valence-corrected chi connectivity index (χ2v) is 5.03. The number of carbonyl (C=O) groups is 1. The van der Waals surface area contributed by atoms with Crippen molar-refractivity contribution in [2.75, 3.05) is 6.54 Å². The second-order valence-electron chi connectivity index (χ2n) is 5.03. The zero-order chi connectivity index (χ0) is 15.4. The minimum absolute atomic E-state index is 0. The highest BCUT2D eigenvalue weighted by molar-refractivity contribution is 5.85. The number of hydrogen-bond donors (Lipinski definition) is 3. The predicted molar refractivity (Wildman–Crippen MR) is 79.3 cm³/mol. The van der Waals surface area contributed by atoms with Gasteiger partial charge >= 0.3 is 6.61 Å². The third-order valence-corrected chi connectivity index (χ3v) is 3.37. The van der Waals surface area contributed by atoms with Gasteiger partial charge < -0.3 is 20.5 Å². The summed E-state index contributed by atoms with van der Waals surface area (Å²) in [4.78, 5) is 12.0. The fourth-order valence-corrected chi connectivity index (χ4v) is 2.27. The van der Waals surface area contributed by atoms with Gasteiger partial charge in [-0.15, -0.1) is 12.4 Å². The summed E-state index contributed by atoms with van der Waals surface area (Å²) in [7, 11) is 0. The number of β-amino-alcohol motifs (C(OH)–C–C–N with tert-alkyl or cyclic N) is 1. The summed E-state index contributed by atoms with van der Waals surface area (Å²) in [5.74, 6) is -0.169. The first-order chi connectivity index (χ1) is 9.95. The Morgan fingerprint density at radius 2 is 2.23 bits per heavy atom. The molecule has 1 aliphatic heterocycles. The lowest BCUT2D eigenvalue weighted by molar-refractivity contribution is -0.123. The van der Waals surface area contributed by atoms with E-state index in [1.54, 1.807) is 19.1 Å². The number of nitrogens with one attached hydrogen (secondary N) is 2. The van der Waals surface area contributed by atoms with E-state index in [9.17, 15) is 18.7 Å². The lowest BCUT2D eigenvalue weighted by Crippen LogP contribution is -2.41. The van der Waals surface area contributed by atoms with E-state index in [1.807, 2.05) is 0 Å². The summed E-state index contributed by atoms with van der Waals surface area (Å²) in [5, 5.41) is 15.1. The van der Waals surface area contributed by atoms with E-state index < -0.39 is 18.8 Å². The molecule has 3 unspecified atom stereocenters. The molecule has 8 heteroatoms. The van der Waals surface area contributed by atoms with Crippen LogP contribution in [0.1, 0.15) is 24.9 Å². The molecule has 0 aliphatic carbocycles. The summed E-state index contributed by atoms with van der Waals surface area (Å²) in [6.07, 6.45) is -0.147. The standard InChI is InChI=1S/C14H18F2N2O3.ClH/c1-8(18-13(20)12-6-10(19)7-17-12)9-3-2-4-11(5-9)21-14(15)16;/h2-5,8,10,12,14,17,19H,6-7H2,1H3,(H,18,20);1H. The molecule has 0 bridgehead atoms. The van der Waals surface area contributed by atoms with Crippen LogP contribution in [-0.2, 0) is 4.79 Å². The molecule has 22 heavy (non-hydrogen) atoms.